The van der Waals surface area contributed by atoms with Gasteiger partial charge in [0.15, 0.2) is 0 Å². The van der Waals surface area contributed by atoms with Crippen molar-refractivity contribution in [2.45, 2.75) is 65.1 Å². The number of hydrogen-bond donors (Lipinski definition) is 0. The van der Waals surface area contributed by atoms with Gasteiger partial charge in [0.2, 0.25) is 0 Å². The topological polar surface area (TPSA) is 18.5 Å². The average molecular weight is 362 g/mol. The first-order valence-electron chi connectivity index (χ1n) is 9.73. The lowest BCUT2D eigenvalue weighted by Gasteiger charge is -2.32. The zero-order valence-electron chi connectivity index (χ0n) is 17.7. The summed E-state index contributed by atoms with van der Waals surface area (Å²) < 4.78 is 12.7. The normalized spacial score (nSPS) is 19.4. The van der Waals surface area contributed by atoms with E-state index in [1.165, 1.54) is 5.56 Å². The zero-order chi connectivity index (χ0) is 19.9. The third kappa shape index (κ3) is 4.20. The van der Waals surface area contributed by atoms with E-state index in [9.17, 15) is 0 Å². The number of hydrogen-bond acceptors (Lipinski definition) is 2. The maximum Gasteiger partial charge on any atom is 0.495 e. The van der Waals surface area contributed by atoms with E-state index < -0.39 is 7.12 Å². The van der Waals surface area contributed by atoms with Gasteiger partial charge in [0.25, 0.3) is 0 Å². The molecule has 0 amide bonds. The molecule has 0 atom stereocenters. The van der Waals surface area contributed by atoms with Gasteiger partial charge in [-0.1, -0.05) is 81.4 Å². The van der Waals surface area contributed by atoms with Crippen molar-refractivity contribution in [2.75, 3.05) is 0 Å². The average Bonchev–Trinajstić information content (AvgIpc) is 2.80. The van der Waals surface area contributed by atoms with Gasteiger partial charge in [-0.2, -0.15) is 0 Å². The molecule has 1 aliphatic heterocycles. The van der Waals surface area contributed by atoms with E-state index in [1.54, 1.807) is 0 Å². The predicted octanol–water partition coefficient (Wildman–Crippen LogP) is 6.16. The smallest absolute Gasteiger partial charge is 0.399 e. The van der Waals surface area contributed by atoms with E-state index >= 15 is 0 Å². The molecule has 0 radical (unpaired) electrons. The fourth-order valence-electron chi connectivity index (χ4n) is 3.15. The van der Waals surface area contributed by atoms with Crippen LogP contribution < -0.4 is 0 Å². The molecule has 1 fully saturated rings. The first kappa shape index (κ1) is 19.9. The van der Waals surface area contributed by atoms with Gasteiger partial charge < -0.3 is 9.31 Å². The lowest BCUT2D eigenvalue weighted by atomic mass is 9.72. The molecule has 0 spiro atoms. The highest BCUT2D eigenvalue weighted by Crippen LogP contribution is 2.41. The lowest BCUT2D eigenvalue weighted by molar-refractivity contribution is 0.00578. The molecule has 0 N–H and O–H groups in total. The molecule has 142 valence electrons. The van der Waals surface area contributed by atoms with Crippen LogP contribution in [0.15, 0.2) is 54.6 Å². The molecular weight excluding hydrogens is 331 g/mol. The summed E-state index contributed by atoms with van der Waals surface area (Å²) in [6, 6.07) is 19.1. The Bertz CT molecular complexity index is 796. The van der Waals surface area contributed by atoms with Crippen molar-refractivity contribution in [3.63, 3.8) is 0 Å². The molecule has 0 bridgehead atoms. The van der Waals surface area contributed by atoms with Crippen LogP contribution in [0.1, 0.15) is 65.2 Å². The highest BCUT2D eigenvalue weighted by Gasteiger charge is 2.52. The summed E-state index contributed by atoms with van der Waals surface area (Å²) in [7, 11) is -0.393. The van der Waals surface area contributed by atoms with Crippen LogP contribution in [0.25, 0.3) is 11.5 Å². The summed E-state index contributed by atoms with van der Waals surface area (Å²) in [5.41, 5.74) is 4.05. The number of rotatable bonds is 3. The molecule has 0 unspecified atom stereocenters. The van der Waals surface area contributed by atoms with Crippen molar-refractivity contribution in [2.24, 2.45) is 0 Å². The second-order valence-corrected chi connectivity index (χ2v) is 9.43. The molecule has 2 aromatic carbocycles. The Labute approximate surface area is 164 Å². The highest BCUT2D eigenvalue weighted by molar-refractivity contribution is 6.70. The fraction of sp³-hybridized carbons (Fsp3) is 0.417. The Morgan fingerprint density at radius 3 is 1.81 bits per heavy atom. The van der Waals surface area contributed by atoms with Gasteiger partial charge in [0.05, 0.1) is 11.2 Å². The number of benzene rings is 2. The fourth-order valence-corrected chi connectivity index (χ4v) is 3.15. The molecule has 2 aromatic rings. The third-order valence-electron chi connectivity index (χ3n) is 5.71. The van der Waals surface area contributed by atoms with E-state index in [1.807, 2.05) is 6.07 Å². The minimum absolute atomic E-state index is 0.131. The second kappa shape index (κ2) is 6.96. The minimum Gasteiger partial charge on any atom is -0.399 e. The molecule has 3 heteroatoms. The van der Waals surface area contributed by atoms with Gasteiger partial charge in [-0.3, -0.25) is 0 Å². The molecule has 1 saturated heterocycles. The van der Waals surface area contributed by atoms with Gasteiger partial charge in [-0.05, 0) is 55.3 Å². The minimum atomic E-state index is -0.393. The maximum atomic E-state index is 6.36. The van der Waals surface area contributed by atoms with Crippen LogP contribution in [0.2, 0.25) is 0 Å². The Hall–Kier alpha value is -1.84. The molecule has 0 aromatic heterocycles. The van der Waals surface area contributed by atoms with Crippen molar-refractivity contribution in [3.05, 3.63) is 71.3 Å². The van der Waals surface area contributed by atoms with E-state index in [0.29, 0.717) is 0 Å². The molecule has 2 nitrogen and oxygen atoms in total. The van der Waals surface area contributed by atoms with Gasteiger partial charge in [-0.15, -0.1) is 0 Å². The van der Waals surface area contributed by atoms with E-state index in [0.717, 1.165) is 16.6 Å². The van der Waals surface area contributed by atoms with E-state index in [2.05, 4.69) is 103 Å². The van der Waals surface area contributed by atoms with Crippen molar-refractivity contribution < 1.29 is 9.31 Å². The summed E-state index contributed by atoms with van der Waals surface area (Å²) in [5.74, 6) is 0. The van der Waals surface area contributed by atoms with Crippen LogP contribution in [-0.4, -0.2) is 18.3 Å². The van der Waals surface area contributed by atoms with Crippen LogP contribution in [0.5, 0.6) is 0 Å². The highest BCUT2D eigenvalue weighted by atomic mass is 16.7. The monoisotopic (exact) mass is 362 g/mol. The largest absolute Gasteiger partial charge is 0.495 e. The predicted molar refractivity (Wildman–Crippen MR) is 116 cm³/mol. The second-order valence-electron chi connectivity index (χ2n) is 9.43. The van der Waals surface area contributed by atoms with Crippen molar-refractivity contribution >= 4 is 18.7 Å². The van der Waals surface area contributed by atoms with Crippen LogP contribution in [0, 0.1) is 0 Å². The lowest BCUT2D eigenvalue weighted by Crippen LogP contribution is -2.41. The van der Waals surface area contributed by atoms with Crippen LogP contribution in [0.3, 0.4) is 0 Å². The van der Waals surface area contributed by atoms with Crippen LogP contribution >= 0.6 is 0 Å². The van der Waals surface area contributed by atoms with Crippen molar-refractivity contribution in [1.29, 1.82) is 0 Å². The van der Waals surface area contributed by atoms with Crippen molar-refractivity contribution in [1.82, 2.24) is 0 Å². The van der Waals surface area contributed by atoms with Crippen LogP contribution in [0.4, 0.5) is 0 Å². The summed E-state index contributed by atoms with van der Waals surface area (Å²) in [5, 5.41) is 0. The quantitative estimate of drug-likeness (QED) is 0.481. The molecule has 3 rings (SSSR count). The Kier molecular flexibility index (Phi) is 5.13. The van der Waals surface area contributed by atoms with Gasteiger partial charge in [-0.25, -0.2) is 0 Å². The van der Waals surface area contributed by atoms with Gasteiger partial charge in [0.1, 0.15) is 0 Å². The maximum absolute atomic E-state index is 6.36. The molecule has 0 saturated carbocycles. The summed E-state index contributed by atoms with van der Waals surface area (Å²) >= 11 is 0. The molecular formula is C24H31BO2. The third-order valence-corrected chi connectivity index (χ3v) is 5.71. The van der Waals surface area contributed by atoms with E-state index in [-0.39, 0.29) is 16.6 Å². The molecule has 0 aliphatic carbocycles. The molecule has 1 heterocycles. The van der Waals surface area contributed by atoms with Crippen molar-refractivity contribution in [3.8, 4) is 0 Å². The SMILES string of the molecule is CC(C)(C)c1ccc(/C(=C\c2ccccc2)B2OC(C)(C)C(C)(C)O2)cc1. The summed E-state index contributed by atoms with van der Waals surface area (Å²) in [4.78, 5) is 0. The first-order chi connectivity index (χ1) is 12.5. The Morgan fingerprint density at radius 1 is 0.815 bits per heavy atom. The summed E-state index contributed by atoms with van der Waals surface area (Å²) in [6.45, 7) is 15.1. The Morgan fingerprint density at radius 2 is 1.33 bits per heavy atom. The standard InChI is InChI=1S/C24H31BO2/c1-22(2,3)20-15-13-19(14-16-20)21(17-18-11-9-8-10-12-18)25-26-23(4,5)24(6,7)27-25/h8-17H,1-7H3/b21-17+. The molecule has 1 aliphatic rings. The van der Waals surface area contributed by atoms with E-state index in [4.69, 9.17) is 9.31 Å². The van der Waals surface area contributed by atoms with Gasteiger partial charge in [0, 0.05) is 0 Å². The van der Waals surface area contributed by atoms with Crippen LogP contribution in [-0.2, 0) is 14.7 Å². The van der Waals surface area contributed by atoms with Gasteiger partial charge >= 0.3 is 7.12 Å². The summed E-state index contributed by atoms with van der Waals surface area (Å²) in [6.07, 6.45) is 2.17. The first-order valence-corrected chi connectivity index (χ1v) is 9.73. The molecule has 27 heavy (non-hydrogen) atoms. The zero-order valence-corrected chi connectivity index (χ0v) is 17.7. The Balaban J connectivity index is 2.03.